The molecule has 2 aliphatic rings. The summed E-state index contributed by atoms with van der Waals surface area (Å²) in [5, 5.41) is 9.13. The summed E-state index contributed by atoms with van der Waals surface area (Å²) in [6.07, 6.45) is 4.02. The predicted octanol–water partition coefficient (Wildman–Crippen LogP) is 5.48. The van der Waals surface area contributed by atoms with Gasteiger partial charge in [-0.15, -0.1) is 11.3 Å². The summed E-state index contributed by atoms with van der Waals surface area (Å²) in [6.45, 7) is -0.00785. The SMILES string of the molecule is N#Cc1ccc(-c2ccc3c(c2)N(S(=O)(=O)c2ccc4c(c2)CCCC4)CCS3(O)O)s1. The fourth-order valence-corrected chi connectivity index (χ4v) is 8.33. The summed E-state index contributed by atoms with van der Waals surface area (Å²) in [5.41, 5.74) is 3.31. The highest BCUT2D eigenvalue weighted by Crippen LogP contribution is 2.56. The van der Waals surface area contributed by atoms with Gasteiger partial charge in [-0.3, -0.25) is 13.4 Å². The molecule has 0 fully saturated rings. The van der Waals surface area contributed by atoms with Crippen LogP contribution in [0.1, 0.15) is 28.8 Å². The summed E-state index contributed by atoms with van der Waals surface area (Å²) >= 11 is 1.31. The molecule has 6 nitrogen and oxygen atoms in total. The van der Waals surface area contributed by atoms with Gasteiger partial charge in [0.2, 0.25) is 0 Å². The second-order valence-electron chi connectivity index (χ2n) is 8.04. The van der Waals surface area contributed by atoms with E-state index in [0.29, 0.717) is 10.6 Å². The van der Waals surface area contributed by atoms with Crippen LogP contribution in [-0.4, -0.2) is 29.8 Å². The zero-order valence-corrected chi connectivity index (χ0v) is 19.6. The van der Waals surface area contributed by atoms with Crippen LogP contribution < -0.4 is 4.31 Å². The van der Waals surface area contributed by atoms with Gasteiger partial charge in [0.1, 0.15) is 10.9 Å². The molecule has 0 bridgehead atoms. The quantitative estimate of drug-likeness (QED) is 0.510. The van der Waals surface area contributed by atoms with Crippen LogP contribution in [0, 0.1) is 11.3 Å². The third kappa shape index (κ3) is 3.62. The zero-order chi connectivity index (χ0) is 22.5. The standard InChI is InChI=1S/C23H22N2O4S3/c24-15-19-7-9-22(30-19)18-6-10-23-21(14-18)25(11-12-31(23,26)27)32(28,29)20-8-5-16-3-1-2-4-17(16)13-20/h5-10,13-14,26-27H,1-4,11-12H2. The molecule has 1 aromatic heterocycles. The van der Waals surface area contributed by atoms with E-state index in [1.54, 1.807) is 36.4 Å². The van der Waals surface area contributed by atoms with Crippen molar-refractivity contribution >= 4 is 37.6 Å². The van der Waals surface area contributed by atoms with Gasteiger partial charge in [-0.2, -0.15) is 15.9 Å². The number of hydrogen-bond acceptors (Lipinski definition) is 6. The highest BCUT2D eigenvalue weighted by molar-refractivity contribution is 8.24. The summed E-state index contributed by atoms with van der Waals surface area (Å²) in [4.78, 5) is 1.85. The number of fused-ring (bicyclic) bond motifs is 2. The lowest BCUT2D eigenvalue weighted by Gasteiger charge is -2.42. The van der Waals surface area contributed by atoms with Crippen molar-refractivity contribution in [1.82, 2.24) is 0 Å². The highest BCUT2D eigenvalue weighted by Gasteiger charge is 2.36. The van der Waals surface area contributed by atoms with E-state index in [4.69, 9.17) is 5.26 Å². The maximum absolute atomic E-state index is 13.7. The number of aryl methyl sites for hydroxylation is 2. The molecule has 2 N–H and O–H groups in total. The lowest BCUT2D eigenvalue weighted by molar-refractivity contribution is 0.484. The van der Waals surface area contributed by atoms with E-state index in [9.17, 15) is 17.5 Å². The molecular formula is C23H22N2O4S3. The van der Waals surface area contributed by atoms with Crippen molar-refractivity contribution in [2.75, 3.05) is 16.6 Å². The Kier molecular flexibility index (Phi) is 5.31. The molecule has 1 aliphatic heterocycles. The number of sulfonamides is 1. The second kappa shape index (κ2) is 7.90. The van der Waals surface area contributed by atoms with Gasteiger partial charge < -0.3 is 0 Å². The largest absolute Gasteiger partial charge is 0.295 e. The Morgan fingerprint density at radius 2 is 1.78 bits per heavy atom. The van der Waals surface area contributed by atoms with E-state index in [0.717, 1.165) is 41.7 Å². The van der Waals surface area contributed by atoms with Crippen LogP contribution in [0.25, 0.3) is 10.4 Å². The summed E-state index contributed by atoms with van der Waals surface area (Å²) in [7, 11) is -6.97. The molecule has 32 heavy (non-hydrogen) atoms. The lowest BCUT2D eigenvalue weighted by atomic mass is 9.92. The van der Waals surface area contributed by atoms with Gasteiger partial charge in [-0.1, -0.05) is 12.1 Å². The number of nitrogens with zero attached hydrogens (tertiary/aromatic N) is 2. The van der Waals surface area contributed by atoms with E-state index in [-0.39, 0.29) is 22.1 Å². The van der Waals surface area contributed by atoms with Crippen molar-refractivity contribution < 1.29 is 17.5 Å². The summed E-state index contributed by atoms with van der Waals surface area (Å²) in [6, 6.07) is 16.0. The average molecular weight is 487 g/mol. The van der Waals surface area contributed by atoms with E-state index in [2.05, 4.69) is 6.07 Å². The van der Waals surface area contributed by atoms with Crippen LogP contribution in [0.3, 0.4) is 0 Å². The topological polar surface area (TPSA) is 102 Å². The lowest BCUT2D eigenvalue weighted by Crippen LogP contribution is -2.38. The number of thiophene rings is 1. The Hall–Kier alpha value is -2.35. The smallest absolute Gasteiger partial charge is 0.264 e. The van der Waals surface area contributed by atoms with Gasteiger partial charge in [0.15, 0.2) is 0 Å². The van der Waals surface area contributed by atoms with Crippen molar-refractivity contribution in [1.29, 1.82) is 5.26 Å². The van der Waals surface area contributed by atoms with Crippen LogP contribution in [0.4, 0.5) is 5.69 Å². The normalized spacial score (nSPS) is 18.3. The first kappa shape index (κ1) is 21.5. The molecule has 166 valence electrons. The van der Waals surface area contributed by atoms with E-state index in [1.165, 1.54) is 21.2 Å². The predicted molar refractivity (Wildman–Crippen MR) is 128 cm³/mol. The number of rotatable bonds is 3. The van der Waals surface area contributed by atoms with Crippen LogP contribution >= 0.6 is 21.9 Å². The Morgan fingerprint density at radius 3 is 2.53 bits per heavy atom. The van der Waals surface area contributed by atoms with Crippen LogP contribution in [0.2, 0.25) is 0 Å². The zero-order valence-electron chi connectivity index (χ0n) is 17.2. The van der Waals surface area contributed by atoms with Gasteiger partial charge in [0, 0.05) is 4.88 Å². The van der Waals surface area contributed by atoms with E-state index < -0.39 is 20.6 Å². The van der Waals surface area contributed by atoms with E-state index >= 15 is 0 Å². The van der Waals surface area contributed by atoms with Gasteiger partial charge in [-0.05, 0) is 78.8 Å². The molecule has 0 saturated heterocycles. The minimum absolute atomic E-state index is 0.00785. The number of anilines is 1. The second-order valence-corrected chi connectivity index (χ2v) is 13.2. The molecule has 0 radical (unpaired) electrons. The van der Waals surface area contributed by atoms with Crippen molar-refractivity contribution in [3.05, 3.63) is 64.5 Å². The van der Waals surface area contributed by atoms with E-state index in [1.807, 2.05) is 12.1 Å². The molecule has 2 heterocycles. The molecule has 9 heteroatoms. The first-order valence-corrected chi connectivity index (χ1v) is 14.3. The first-order valence-electron chi connectivity index (χ1n) is 10.3. The van der Waals surface area contributed by atoms with Gasteiger partial charge in [-0.25, -0.2) is 8.42 Å². The van der Waals surface area contributed by atoms with Crippen LogP contribution in [-0.2, 0) is 22.9 Å². The van der Waals surface area contributed by atoms with Crippen molar-refractivity contribution in [2.24, 2.45) is 0 Å². The van der Waals surface area contributed by atoms with Crippen LogP contribution in [0.15, 0.2) is 58.3 Å². The third-order valence-electron chi connectivity index (χ3n) is 6.07. The monoisotopic (exact) mass is 486 g/mol. The third-order valence-corrected chi connectivity index (χ3v) is 10.7. The molecule has 0 spiro atoms. The molecule has 0 amide bonds. The van der Waals surface area contributed by atoms with Gasteiger partial charge in [0.05, 0.1) is 27.8 Å². The number of hydrogen-bond donors (Lipinski definition) is 2. The Morgan fingerprint density at radius 1 is 1.00 bits per heavy atom. The number of benzene rings is 2. The first-order chi connectivity index (χ1) is 15.3. The van der Waals surface area contributed by atoms with Crippen molar-refractivity contribution in [2.45, 2.75) is 35.5 Å². The Balaban J connectivity index is 1.61. The minimum Gasteiger partial charge on any atom is -0.295 e. The molecule has 3 aromatic rings. The molecular weight excluding hydrogens is 464 g/mol. The molecule has 5 rings (SSSR count). The highest BCUT2D eigenvalue weighted by atomic mass is 32.3. The Labute approximate surface area is 193 Å². The van der Waals surface area contributed by atoms with Crippen molar-refractivity contribution in [3.63, 3.8) is 0 Å². The van der Waals surface area contributed by atoms with Crippen LogP contribution in [0.5, 0.6) is 0 Å². The number of nitriles is 1. The fraction of sp³-hybridized carbons (Fsp3) is 0.261. The molecule has 0 saturated carbocycles. The minimum atomic E-state index is -3.88. The summed E-state index contributed by atoms with van der Waals surface area (Å²) in [5.74, 6) is -0.0406. The maximum atomic E-state index is 13.7. The maximum Gasteiger partial charge on any atom is 0.264 e. The molecule has 0 atom stereocenters. The Bertz CT molecular complexity index is 1360. The molecule has 0 unspecified atom stereocenters. The van der Waals surface area contributed by atoms with Crippen molar-refractivity contribution in [3.8, 4) is 16.5 Å². The fourth-order valence-electron chi connectivity index (χ4n) is 4.38. The van der Waals surface area contributed by atoms with Gasteiger partial charge >= 0.3 is 0 Å². The average Bonchev–Trinajstić information content (AvgIpc) is 3.27. The van der Waals surface area contributed by atoms with Gasteiger partial charge in [0.25, 0.3) is 10.0 Å². The molecule has 2 aromatic carbocycles. The molecule has 1 aliphatic carbocycles. The summed E-state index contributed by atoms with van der Waals surface area (Å²) < 4.78 is 49.9.